The Bertz CT molecular complexity index is 1240. The van der Waals surface area contributed by atoms with Crippen molar-refractivity contribution >= 4 is 9.84 Å². The van der Waals surface area contributed by atoms with Crippen molar-refractivity contribution in [2.45, 2.75) is 58.2 Å². The second kappa shape index (κ2) is 9.46. The van der Waals surface area contributed by atoms with Crippen LogP contribution in [0.4, 0.5) is 0 Å². The summed E-state index contributed by atoms with van der Waals surface area (Å²) in [7, 11) is -2.89. The lowest BCUT2D eigenvalue weighted by atomic mass is 9.94. The van der Waals surface area contributed by atoms with Crippen LogP contribution in [0.3, 0.4) is 0 Å². The molecule has 0 bridgehead atoms. The Morgan fingerprint density at radius 1 is 0.824 bits per heavy atom. The number of hydrogen-bond acceptors (Lipinski definition) is 4. The summed E-state index contributed by atoms with van der Waals surface area (Å²) in [6, 6.07) is 21.2. The lowest BCUT2D eigenvalue weighted by molar-refractivity contribution is 0.189. The normalized spacial score (nSPS) is 17.9. The van der Waals surface area contributed by atoms with Crippen LogP contribution in [0.25, 0.3) is 11.1 Å². The van der Waals surface area contributed by atoms with Crippen LogP contribution in [-0.4, -0.2) is 26.0 Å². The predicted octanol–water partition coefficient (Wildman–Crippen LogP) is 6.38. The number of ether oxygens (including phenoxy) is 2. The minimum absolute atomic E-state index is 0.0352. The van der Waals surface area contributed by atoms with Gasteiger partial charge in [0, 0.05) is 0 Å². The highest BCUT2D eigenvalue weighted by atomic mass is 32.2. The van der Waals surface area contributed by atoms with Crippen molar-refractivity contribution in [3.8, 4) is 22.6 Å². The molecule has 2 fully saturated rings. The van der Waals surface area contributed by atoms with E-state index in [0.717, 1.165) is 39.7 Å². The quantitative estimate of drug-likeness (QED) is 0.397. The molecule has 0 amide bonds. The van der Waals surface area contributed by atoms with E-state index in [9.17, 15) is 8.42 Å². The third-order valence-electron chi connectivity index (χ3n) is 6.86. The Hall–Kier alpha value is -2.79. The van der Waals surface area contributed by atoms with E-state index in [1.54, 1.807) is 0 Å². The molecule has 2 aliphatic rings. The third kappa shape index (κ3) is 5.47. The van der Waals surface area contributed by atoms with Crippen molar-refractivity contribution in [2.75, 3.05) is 11.5 Å². The number of hydrogen-bond donors (Lipinski definition) is 0. The highest BCUT2D eigenvalue weighted by Crippen LogP contribution is 2.40. The second-order valence-electron chi connectivity index (χ2n) is 9.73. The van der Waals surface area contributed by atoms with Gasteiger partial charge < -0.3 is 9.47 Å². The molecule has 3 aromatic rings. The molecular formula is C29H32O4S. The third-order valence-corrected chi connectivity index (χ3v) is 8.58. The van der Waals surface area contributed by atoms with Crippen molar-refractivity contribution in [3.05, 3.63) is 82.9 Å². The van der Waals surface area contributed by atoms with Crippen molar-refractivity contribution in [1.29, 1.82) is 0 Å². The van der Waals surface area contributed by atoms with Gasteiger partial charge in [-0.05, 0) is 109 Å². The van der Waals surface area contributed by atoms with Gasteiger partial charge in [-0.3, -0.25) is 0 Å². The maximum Gasteiger partial charge on any atom is 0.150 e. The van der Waals surface area contributed by atoms with Crippen LogP contribution >= 0.6 is 0 Å². The van der Waals surface area contributed by atoms with E-state index in [1.165, 1.54) is 24.0 Å². The van der Waals surface area contributed by atoms with Gasteiger partial charge in [0.25, 0.3) is 0 Å². The zero-order valence-electron chi connectivity index (χ0n) is 19.9. The molecule has 5 rings (SSSR count). The average Bonchev–Trinajstić information content (AvgIpc) is 3.65. The first-order chi connectivity index (χ1) is 16.4. The zero-order valence-corrected chi connectivity index (χ0v) is 20.7. The second-order valence-corrected chi connectivity index (χ2v) is 12.0. The van der Waals surface area contributed by atoms with Gasteiger partial charge in [-0.15, -0.1) is 0 Å². The van der Waals surface area contributed by atoms with E-state index >= 15 is 0 Å². The molecule has 1 aliphatic carbocycles. The summed E-state index contributed by atoms with van der Waals surface area (Å²) in [5.74, 6) is 2.91. The van der Waals surface area contributed by atoms with Gasteiger partial charge in [0.2, 0.25) is 0 Å². The summed E-state index contributed by atoms with van der Waals surface area (Å²) >= 11 is 0. The van der Waals surface area contributed by atoms with Gasteiger partial charge in [0.05, 0.1) is 11.5 Å². The highest BCUT2D eigenvalue weighted by Gasteiger charge is 2.25. The molecule has 1 heterocycles. The molecule has 1 aliphatic heterocycles. The van der Waals surface area contributed by atoms with Crippen LogP contribution in [-0.2, 0) is 16.4 Å². The van der Waals surface area contributed by atoms with Crippen LogP contribution in [0.15, 0.2) is 60.7 Å². The fourth-order valence-corrected chi connectivity index (χ4v) is 6.31. The summed E-state index contributed by atoms with van der Waals surface area (Å²) in [5, 5.41) is 0. The number of sulfone groups is 1. The number of rotatable bonds is 7. The molecule has 0 aromatic heterocycles. The molecule has 178 valence electrons. The molecule has 0 N–H and O–H groups in total. The van der Waals surface area contributed by atoms with E-state index in [4.69, 9.17) is 9.47 Å². The Labute approximate surface area is 202 Å². The fraction of sp³-hybridized carbons (Fsp3) is 0.379. The van der Waals surface area contributed by atoms with Gasteiger partial charge in [0.15, 0.2) is 9.84 Å². The van der Waals surface area contributed by atoms with Gasteiger partial charge in [-0.1, -0.05) is 30.3 Å². The minimum Gasteiger partial charge on any atom is -0.490 e. The molecule has 5 heteroatoms. The number of aryl methyl sites for hydroxylation is 2. The predicted molar refractivity (Wildman–Crippen MR) is 136 cm³/mol. The Kier molecular flexibility index (Phi) is 6.39. The van der Waals surface area contributed by atoms with Crippen LogP contribution < -0.4 is 9.47 Å². The number of benzene rings is 3. The maximum atomic E-state index is 11.7. The van der Waals surface area contributed by atoms with Crippen molar-refractivity contribution in [3.63, 3.8) is 0 Å². The Balaban J connectivity index is 1.27. The van der Waals surface area contributed by atoms with Crippen LogP contribution in [0, 0.1) is 13.8 Å². The molecule has 4 nitrogen and oxygen atoms in total. The largest absolute Gasteiger partial charge is 0.490 e. The Morgan fingerprint density at radius 2 is 1.50 bits per heavy atom. The topological polar surface area (TPSA) is 52.6 Å². The lowest BCUT2D eigenvalue weighted by Crippen LogP contribution is -2.30. The first-order valence-corrected chi connectivity index (χ1v) is 14.0. The van der Waals surface area contributed by atoms with Crippen molar-refractivity contribution < 1.29 is 17.9 Å². The summed E-state index contributed by atoms with van der Waals surface area (Å²) < 4.78 is 35.6. The summed E-state index contributed by atoms with van der Waals surface area (Å²) in [6.07, 6.45) is 3.71. The monoisotopic (exact) mass is 476 g/mol. The molecule has 0 atom stereocenters. The molecule has 0 unspecified atom stereocenters. The summed E-state index contributed by atoms with van der Waals surface area (Å²) in [4.78, 5) is 0. The standard InChI is InChI=1S/C29H32O4S/c1-20-16-28(33-27-12-14-34(30,31)15-13-27)17-21(2)29(20)25-5-3-4-22(18-25)19-32-26-10-8-24(9-11-26)23-6-7-23/h3-5,8-11,16-18,23,27H,6-7,12-15,19H2,1-2H3. The van der Waals surface area contributed by atoms with E-state index in [1.807, 2.05) is 0 Å². The molecule has 1 saturated carbocycles. The Morgan fingerprint density at radius 3 is 2.15 bits per heavy atom. The zero-order chi connectivity index (χ0) is 23.7. The average molecular weight is 477 g/mol. The molecule has 34 heavy (non-hydrogen) atoms. The van der Waals surface area contributed by atoms with Gasteiger partial charge in [-0.2, -0.15) is 0 Å². The fourth-order valence-electron chi connectivity index (χ4n) is 4.86. The molecular weight excluding hydrogens is 444 g/mol. The highest BCUT2D eigenvalue weighted by molar-refractivity contribution is 7.91. The molecule has 3 aromatic carbocycles. The first-order valence-electron chi connectivity index (χ1n) is 12.2. The van der Waals surface area contributed by atoms with Crippen molar-refractivity contribution in [1.82, 2.24) is 0 Å². The van der Waals surface area contributed by atoms with Gasteiger partial charge >= 0.3 is 0 Å². The van der Waals surface area contributed by atoms with Crippen LogP contribution in [0.5, 0.6) is 11.5 Å². The van der Waals surface area contributed by atoms with E-state index in [-0.39, 0.29) is 17.6 Å². The molecule has 0 radical (unpaired) electrons. The van der Waals surface area contributed by atoms with E-state index in [0.29, 0.717) is 19.4 Å². The van der Waals surface area contributed by atoms with Gasteiger partial charge in [-0.25, -0.2) is 8.42 Å². The first kappa shape index (κ1) is 23.0. The van der Waals surface area contributed by atoms with Crippen LogP contribution in [0.1, 0.15) is 53.9 Å². The van der Waals surface area contributed by atoms with Gasteiger partial charge in [0.1, 0.15) is 24.2 Å². The molecule has 1 saturated heterocycles. The van der Waals surface area contributed by atoms with E-state index in [2.05, 4.69) is 74.5 Å². The van der Waals surface area contributed by atoms with E-state index < -0.39 is 9.84 Å². The van der Waals surface area contributed by atoms with Crippen LogP contribution in [0.2, 0.25) is 0 Å². The smallest absolute Gasteiger partial charge is 0.150 e. The minimum atomic E-state index is -2.89. The summed E-state index contributed by atoms with van der Waals surface area (Å²) in [6.45, 7) is 4.73. The maximum absolute atomic E-state index is 11.7. The van der Waals surface area contributed by atoms with Crippen molar-refractivity contribution in [2.24, 2.45) is 0 Å². The molecule has 0 spiro atoms. The SMILES string of the molecule is Cc1cc(OC2CCS(=O)(=O)CC2)cc(C)c1-c1cccc(COc2ccc(C3CC3)cc2)c1. The lowest BCUT2D eigenvalue weighted by Gasteiger charge is -2.24. The summed E-state index contributed by atoms with van der Waals surface area (Å²) in [5.41, 5.74) is 7.21.